The van der Waals surface area contributed by atoms with E-state index in [1.54, 1.807) is 30.3 Å². The number of nitriles is 1. The molecule has 1 aromatic carbocycles. The van der Waals surface area contributed by atoms with Crippen molar-refractivity contribution in [2.45, 2.75) is 12.6 Å². The second-order valence-electron chi connectivity index (χ2n) is 3.71. The molecule has 0 spiro atoms. The molecule has 1 N–H and O–H groups in total. The Bertz CT molecular complexity index is 649. The van der Waals surface area contributed by atoms with E-state index in [0.29, 0.717) is 5.52 Å². The van der Waals surface area contributed by atoms with Crippen LogP contribution in [-0.2, 0) is 0 Å². The zero-order chi connectivity index (χ0) is 14.0. The van der Waals surface area contributed by atoms with Gasteiger partial charge in [0.15, 0.2) is 0 Å². The van der Waals surface area contributed by atoms with Crippen molar-refractivity contribution in [1.82, 2.24) is 4.98 Å². The number of rotatable bonds is 2. The third kappa shape index (κ3) is 3.03. The molecule has 1 heterocycles. The smallest absolute Gasteiger partial charge is 0.396 e. The van der Waals surface area contributed by atoms with E-state index in [2.05, 4.69) is 4.98 Å². The summed E-state index contributed by atoms with van der Waals surface area (Å²) in [6.07, 6.45) is -6.10. The summed E-state index contributed by atoms with van der Waals surface area (Å²) >= 11 is 1.07. The quantitative estimate of drug-likeness (QED) is 0.668. The number of hydrogen-bond acceptors (Lipinski definition) is 4. The van der Waals surface area contributed by atoms with Crippen molar-refractivity contribution in [1.29, 1.82) is 5.26 Å². The van der Waals surface area contributed by atoms with Crippen LogP contribution < -0.4 is 0 Å². The number of fused-ring (bicyclic) bond motifs is 1. The summed E-state index contributed by atoms with van der Waals surface area (Å²) in [6.45, 7) is 0. The van der Waals surface area contributed by atoms with E-state index in [9.17, 15) is 18.3 Å². The fourth-order valence-corrected chi connectivity index (χ4v) is 2.48. The lowest BCUT2D eigenvalue weighted by Crippen LogP contribution is -2.09. The molecule has 7 heteroatoms. The third-order valence-corrected chi connectivity index (χ3v) is 3.33. The molecule has 0 amide bonds. The van der Waals surface area contributed by atoms with Crippen LogP contribution in [-0.4, -0.2) is 16.3 Å². The number of alkyl halides is 3. The van der Waals surface area contributed by atoms with Gasteiger partial charge in [-0.15, -0.1) is 11.3 Å². The van der Waals surface area contributed by atoms with Crippen LogP contribution in [0.5, 0.6) is 0 Å². The van der Waals surface area contributed by atoms with Gasteiger partial charge in [-0.1, -0.05) is 12.1 Å². The number of para-hydroxylation sites is 1. The number of aliphatic hydroxyl groups is 1. The Kier molecular flexibility index (Phi) is 3.44. The number of nitrogens with zero attached hydrogens (tertiary/aromatic N) is 2. The molecule has 0 saturated heterocycles. The normalized spacial score (nSPS) is 13.2. The van der Waals surface area contributed by atoms with E-state index in [0.717, 1.165) is 16.0 Å². The van der Waals surface area contributed by atoms with Gasteiger partial charge in [-0.25, -0.2) is 4.98 Å². The number of benzene rings is 1. The van der Waals surface area contributed by atoms with Gasteiger partial charge in [0.05, 0.1) is 10.2 Å². The molecule has 2 rings (SSSR count). The molecule has 0 bridgehead atoms. The van der Waals surface area contributed by atoms with Crippen LogP contribution in [0.1, 0.15) is 11.4 Å². The average Bonchev–Trinajstić information content (AvgIpc) is 2.70. The Morgan fingerprint density at radius 2 is 2.05 bits per heavy atom. The van der Waals surface area contributed by atoms with Gasteiger partial charge in [-0.05, 0) is 12.1 Å². The zero-order valence-corrected chi connectivity index (χ0v) is 10.2. The molecule has 1 aromatic heterocycles. The van der Waals surface area contributed by atoms with Gasteiger partial charge in [0, 0.05) is 0 Å². The van der Waals surface area contributed by atoms with Crippen LogP contribution in [0, 0.1) is 11.3 Å². The molecule has 2 aromatic rings. The second kappa shape index (κ2) is 4.90. The zero-order valence-electron chi connectivity index (χ0n) is 9.40. The van der Waals surface area contributed by atoms with E-state index in [1.807, 2.05) is 0 Å². The number of allylic oxidation sites excluding steroid dienone is 2. The molecule has 0 aliphatic carbocycles. The van der Waals surface area contributed by atoms with Gasteiger partial charge in [0.25, 0.3) is 0 Å². The summed E-state index contributed by atoms with van der Waals surface area (Å²) < 4.78 is 37.3. The molecular weight excluding hydrogens is 277 g/mol. The summed E-state index contributed by atoms with van der Waals surface area (Å²) in [5, 5.41) is 18.4. The van der Waals surface area contributed by atoms with Crippen LogP contribution in [0.15, 0.2) is 30.0 Å². The maximum atomic E-state index is 12.2. The second-order valence-corrected chi connectivity index (χ2v) is 4.74. The van der Waals surface area contributed by atoms with Gasteiger partial charge in [-0.2, -0.15) is 18.4 Å². The van der Waals surface area contributed by atoms with Crippen LogP contribution in [0.2, 0.25) is 0 Å². The Balaban J connectivity index is 2.47. The molecule has 98 valence electrons. The van der Waals surface area contributed by atoms with E-state index < -0.39 is 23.9 Å². The lowest BCUT2D eigenvalue weighted by Gasteiger charge is -2.05. The largest absolute Gasteiger partial charge is 0.510 e. The number of aliphatic hydroxyl groups excluding tert-OH is 1. The van der Waals surface area contributed by atoms with Crippen molar-refractivity contribution in [3.8, 4) is 6.07 Å². The van der Waals surface area contributed by atoms with Gasteiger partial charge in [0.1, 0.15) is 28.8 Å². The Morgan fingerprint density at radius 3 is 2.63 bits per heavy atom. The minimum Gasteiger partial charge on any atom is -0.510 e. The molecule has 3 nitrogen and oxygen atoms in total. The average molecular weight is 284 g/mol. The van der Waals surface area contributed by atoms with Crippen molar-refractivity contribution < 1.29 is 18.3 Å². The number of hydrogen-bond donors (Lipinski definition) is 1. The number of aromatic nitrogens is 1. The predicted molar refractivity (Wildman–Crippen MR) is 65.5 cm³/mol. The Labute approximate surface area is 110 Å². The van der Waals surface area contributed by atoms with Gasteiger partial charge in [-0.3, -0.25) is 0 Å². The summed E-state index contributed by atoms with van der Waals surface area (Å²) in [4.78, 5) is 4.05. The van der Waals surface area contributed by atoms with Crippen molar-refractivity contribution >= 4 is 27.1 Å². The Hall–Kier alpha value is -2.07. The first-order chi connectivity index (χ1) is 8.90. The highest BCUT2D eigenvalue weighted by atomic mass is 32.1. The fraction of sp³-hybridized carbons (Fsp3) is 0.167. The van der Waals surface area contributed by atoms with Crippen LogP contribution in [0.25, 0.3) is 15.8 Å². The standard InChI is InChI=1S/C12H7F3N2OS/c13-12(14,15)5-9(18)7(6-16)11-17-8-3-1-2-4-10(8)19-11/h1-4,18H,5H2. The first-order valence-corrected chi connectivity index (χ1v) is 5.97. The van der Waals surface area contributed by atoms with E-state index in [-0.39, 0.29) is 5.01 Å². The minimum atomic E-state index is -4.57. The first-order valence-electron chi connectivity index (χ1n) is 5.15. The van der Waals surface area contributed by atoms with Crippen molar-refractivity contribution in [2.24, 2.45) is 0 Å². The lowest BCUT2D eigenvalue weighted by molar-refractivity contribution is -0.132. The molecule has 0 aliphatic rings. The highest BCUT2D eigenvalue weighted by Gasteiger charge is 2.31. The predicted octanol–water partition coefficient (Wildman–Crippen LogP) is 4.04. The topological polar surface area (TPSA) is 56.9 Å². The number of thiazole rings is 1. The van der Waals surface area contributed by atoms with Crippen molar-refractivity contribution in [3.05, 3.63) is 35.0 Å². The molecule has 19 heavy (non-hydrogen) atoms. The van der Waals surface area contributed by atoms with Gasteiger partial charge < -0.3 is 5.11 Å². The maximum Gasteiger partial charge on any atom is 0.396 e. The van der Waals surface area contributed by atoms with Crippen molar-refractivity contribution in [3.63, 3.8) is 0 Å². The molecule has 0 aliphatic heterocycles. The van der Waals surface area contributed by atoms with Crippen LogP contribution in [0.3, 0.4) is 0 Å². The summed E-state index contributed by atoms with van der Waals surface area (Å²) in [7, 11) is 0. The molecule has 0 saturated carbocycles. The van der Waals surface area contributed by atoms with Crippen molar-refractivity contribution in [2.75, 3.05) is 0 Å². The summed E-state index contributed by atoms with van der Waals surface area (Å²) in [5.41, 5.74) is 0.147. The van der Waals surface area contributed by atoms with E-state index in [4.69, 9.17) is 5.26 Å². The highest BCUT2D eigenvalue weighted by Crippen LogP contribution is 2.31. The molecule has 0 radical (unpaired) electrons. The van der Waals surface area contributed by atoms with Crippen LogP contribution in [0.4, 0.5) is 13.2 Å². The number of halogens is 3. The molecule has 0 unspecified atom stereocenters. The van der Waals surface area contributed by atoms with E-state index >= 15 is 0 Å². The maximum absolute atomic E-state index is 12.2. The molecule has 0 fully saturated rings. The summed E-state index contributed by atoms with van der Waals surface area (Å²) in [5.74, 6) is -1.01. The fourth-order valence-electron chi connectivity index (χ4n) is 1.49. The van der Waals surface area contributed by atoms with Gasteiger partial charge in [0.2, 0.25) is 0 Å². The summed E-state index contributed by atoms with van der Waals surface area (Å²) in [6, 6.07) is 8.50. The first kappa shape index (κ1) is 13.4. The lowest BCUT2D eigenvalue weighted by atomic mass is 10.2. The highest BCUT2D eigenvalue weighted by molar-refractivity contribution is 7.19. The third-order valence-electron chi connectivity index (χ3n) is 2.28. The molecular formula is C12H7F3N2OS. The Morgan fingerprint density at radius 1 is 1.37 bits per heavy atom. The van der Waals surface area contributed by atoms with E-state index in [1.165, 1.54) is 0 Å². The monoisotopic (exact) mass is 284 g/mol. The van der Waals surface area contributed by atoms with Crippen LogP contribution >= 0.6 is 11.3 Å². The van der Waals surface area contributed by atoms with Gasteiger partial charge >= 0.3 is 6.18 Å². The SMILES string of the molecule is N#CC(=C(O)CC(F)(F)F)c1nc2ccccc2s1. The molecule has 0 atom stereocenters. The minimum absolute atomic E-state index is 0.0884.